The van der Waals surface area contributed by atoms with Gasteiger partial charge in [-0.2, -0.15) is 0 Å². The third-order valence-electron chi connectivity index (χ3n) is 1.84. The molecule has 0 unspecified atom stereocenters. The summed E-state index contributed by atoms with van der Waals surface area (Å²) in [6.07, 6.45) is 0. The van der Waals surface area contributed by atoms with Crippen LogP contribution in [0, 0.1) is 0 Å². The molecule has 13 N–H and O–H groups in total. The number of anilines is 6. The third kappa shape index (κ3) is 1.11. The molecule has 0 bridgehead atoms. The minimum Gasteiger partial charge on any atom is -0.395 e. The minimum atomic E-state index is 0.175. The van der Waals surface area contributed by atoms with Gasteiger partial charge < -0.3 is 34.1 Å². The first-order valence-corrected chi connectivity index (χ1v) is 3.48. The lowest BCUT2D eigenvalue weighted by Crippen LogP contribution is -2.15. The first-order chi connectivity index (χ1) is 6.00. The second-order valence-corrected chi connectivity index (χ2v) is 2.59. The average molecular weight is 183 g/mol. The second kappa shape index (κ2) is 2.79. The fraction of sp³-hybridized carbons (Fsp3) is 0. The van der Waals surface area contributed by atoms with Gasteiger partial charge in [0.1, 0.15) is 0 Å². The summed E-state index contributed by atoms with van der Waals surface area (Å²) in [7, 11) is 0. The van der Waals surface area contributed by atoms with Gasteiger partial charge in [0.25, 0.3) is 0 Å². The number of benzene rings is 1. The smallest absolute Gasteiger partial charge is 0.0993 e. The fourth-order valence-electron chi connectivity index (χ4n) is 1.01. The van der Waals surface area contributed by atoms with E-state index < -0.39 is 0 Å². The monoisotopic (exact) mass is 183 g/mol. The average Bonchev–Trinajstić information content (AvgIpc) is 2.13. The van der Waals surface area contributed by atoms with E-state index >= 15 is 0 Å². The molecule has 0 aliphatic carbocycles. The lowest BCUT2D eigenvalue weighted by Gasteiger charge is -2.15. The number of hydrogen-bond acceptors (Lipinski definition) is 7. The maximum atomic E-state index is 5.58. The quantitative estimate of drug-likeness (QED) is 0.164. The van der Waals surface area contributed by atoms with Crippen LogP contribution >= 0.6 is 0 Å². The molecule has 1 rings (SSSR count). The molecule has 1 aromatic rings. The normalized spacial score (nSPS) is 9.92. The Balaban J connectivity index is 3.56. The van der Waals surface area contributed by atoms with Gasteiger partial charge in [-0.25, -0.2) is 0 Å². The summed E-state index contributed by atoms with van der Waals surface area (Å²) < 4.78 is 0. The predicted molar refractivity (Wildman–Crippen MR) is 56.3 cm³/mol. The Morgan fingerprint density at radius 1 is 0.615 bits per heavy atom. The molecule has 0 atom stereocenters. The Labute approximate surface area is 75.0 Å². The summed E-state index contributed by atoms with van der Waals surface area (Å²) in [5, 5.41) is 0. The minimum absolute atomic E-state index is 0.175. The number of nitrogen functional groups attached to an aromatic ring is 6. The largest absolute Gasteiger partial charge is 0.395 e. The van der Waals surface area contributed by atoms with Gasteiger partial charge in [0.05, 0.1) is 34.1 Å². The summed E-state index contributed by atoms with van der Waals surface area (Å²) >= 11 is 0. The zero-order valence-electron chi connectivity index (χ0n) is 6.96. The highest BCUT2D eigenvalue weighted by molar-refractivity contribution is 6.03. The van der Waals surface area contributed by atoms with Gasteiger partial charge in [0, 0.05) is 0 Å². The van der Waals surface area contributed by atoms with Crippen LogP contribution in [0.15, 0.2) is 0 Å². The van der Waals surface area contributed by atoms with Crippen LogP contribution in [0.25, 0.3) is 0 Å². The van der Waals surface area contributed by atoms with E-state index in [9.17, 15) is 0 Å². The molecule has 0 aromatic heterocycles. The van der Waals surface area contributed by atoms with E-state index in [1.54, 1.807) is 0 Å². The van der Waals surface area contributed by atoms with Crippen LogP contribution in [0.4, 0.5) is 34.1 Å². The molecule has 0 fully saturated rings. The van der Waals surface area contributed by atoms with Crippen molar-refractivity contribution in [2.24, 2.45) is 5.84 Å². The van der Waals surface area contributed by atoms with Crippen molar-refractivity contribution in [3.63, 3.8) is 0 Å². The van der Waals surface area contributed by atoms with Gasteiger partial charge >= 0.3 is 0 Å². The number of hydrogen-bond donors (Lipinski definition) is 7. The number of nitrogens with two attached hydrogens (primary N) is 6. The Kier molecular flexibility index (Phi) is 1.95. The van der Waals surface area contributed by atoms with Crippen molar-refractivity contribution in [3.8, 4) is 0 Å². The standard InChI is InChI=1S/C6H13N7/c7-1-2(8)4(10)6(13-12)5(11)3(1)9/h13H,7-12H2. The lowest BCUT2D eigenvalue weighted by molar-refractivity contribution is 1.36. The Hall–Kier alpha value is -2.02. The topological polar surface area (TPSA) is 168 Å². The number of hydrazine groups is 1. The molecule has 0 radical (unpaired) electrons. The van der Waals surface area contributed by atoms with E-state index in [-0.39, 0.29) is 28.4 Å². The molecule has 7 nitrogen and oxygen atoms in total. The molecule has 0 saturated heterocycles. The van der Waals surface area contributed by atoms with E-state index in [1.807, 2.05) is 0 Å². The van der Waals surface area contributed by atoms with Crippen molar-refractivity contribution in [1.29, 1.82) is 0 Å². The van der Waals surface area contributed by atoms with Crippen LogP contribution in [0.1, 0.15) is 0 Å². The van der Waals surface area contributed by atoms with E-state index in [4.69, 9.17) is 34.5 Å². The molecule has 0 heterocycles. The van der Waals surface area contributed by atoms with Crippen LogP contribution in [0.3, 0.4) is 0 Å². The zero-order valence-corrected chi connectivity index (χ0v) is 6.96. The van der Waals surface area contributed by atoms with Gasteiger partial charge in [0.2, 0.25) is 0 Å². The molecule has 72 valence electrons. The van der Waals surface area contributed by atoms with Gasteiger partial charge in [-0.3, -0.25) is 5.84 Å². The highest BCUT2D eigenvalue weighted by atomic mass is 15.2. The van der Waals surface area contributed by atoms with Crippen molar-refractivity contribution < 1.29 is 0 Å². The maximum absolute atomic E-state index is 5.58. The molecule has 0 saturated carbocycles. The SMILES string of the molecule is NNc1c(N)c(N)c(N)c(N)c1N. The Morgan fingerprint density at radius 2 is 0.923 bits per heavy atom. The zero-order chi connectivity index (χ0) is 10.2. The highest BCUT2D eigenvalue weighted by Gasteiger charge is 2.14. The van der Waals surface area contributed by atoms with E-state index in [1.165, 1.54) is 0 Å². The molecule has 0 spiro atoms. The van der Waals surface area contributed by atoms with E-state index in [2.05, 4.69) is 5.43 Å². The van der Waals surface area contributed by atoms with Crippen molar-refractivity contribution in [1.82, 2.24) is 0 Å². The molecule has 13 heavy (non-hydrogen) atoms. The predicted octanol–water partition coefficient (Wildman–Crippen LogP) is -1.12. The van der Waals surface area contributed by atoms with Crippen molar-refractivity contribution in [3.05, 3.63) is 0 Å². The molecular weight excluding hydrogens is 170 g/mol. The van der Waals surface area contributed by atoms with Crippen molar-refractivity contribution in [2.45, 2.75) is 0 Å². The van der Waals surface area contributed by atoms with Gasteiger partial charge in [-0.1, -0.05) is 0 Å². The molecule has 0 amide bonds. The summed E-state index contributed by atoms with van der Waals surface area (Å²) in [6.45, 7) is 0. The van der Waals surface area contributed by atoms with Gasteiger partial charge in [-0.15, -0.1) is 0 Å². The Bertz CT molecular complexity index is 316. The van der Waals surface area contributed by atoms with Crippen LogP contribution in [0.2, 0.25) is 0 Å². The molecule has 0 aliphatic rings. The van der Waals surface area contributed by atoms with Crippen LogP contribution in [0.5, 0.6) is 0 Å². The first kappa shape index (κ1) is 9.07. The second-order valence-electron chi connectivity index (χ2n) is 2.59. The number of rotatable bonds is 1. The summed E-state index contributed by atoms with van der Waals surface area (Å²) in [4.78, 5) is 0. The molecule has 1 aromatic carbocycles. The van der Waals surface area contributed by atoms with Crippen molar-refractivity contribution in [2.75, 3.05) is 34.1 Å². The van der Waals surface area contributed by atoms with Crippen LogP contribution in [-0.4, -0.2) is 0 Å². The first-order valence-electron chi connectivity index (χ1n) is 3.48. The van der Waals surface area contributed by atoms with E-state index in [0.717, 1.165) is 0 Å². The summed E-state index contributed by atoms with van der Waals surface area (Å²) in [5.41, 5.74) is 31.3. The molecule has 7 heteroatoms. The van der Waals surface area contributed by atoms with E-state index in [0.29, 0.717) is 5.69 Å². The molecular formula is C6H13N7. The van der Waals surface area contributed by atoms with Crippen molar-refractivity contribution >= 4 is 34.1 Å². The van der Waals surface area contributed by atoms with Crippen LogP contribution < -0.4 is 39.9 Å². The van der Waals surface area contributed by atoms with Gasteiger partial charge in [0.15, 0.2) is 0 Å². The Morgan fingerprint density at radius 3 is 1.23 bits per heavy atom. The highest BCUT2D eigenvalue weighted by Crippen LogP contribution is 2.41. The maximum Gasteiger partial charge on any atom is 0.0993 e. The van der Waals surface area contributed by atoms with Crippen LogP contribution in [-0.2, 0) is 0 Å². The number of nitrogens with one attached hydrogen (secondary N) is 1. The fourth-order valence-corrected chi connectivity index (χ4v) is 1.01. The molecule has 0 aliphatic heterocycles. The van der Waals surface area contributed by atoms with Gasteiger partial charge in [-0.05, 0) is 0 Å². The third-order valence-corrected chi connectivity index (χ3v) is 1.84. The lowest BCUT2D eigenvalue weighted by atomic mass is 10.1. The summed E-state index contributed by atoms with van der Waals surface area (Å²) in [5.74, 6) is 5.18. The summed E-state index contributed by atoms with van der Waals surface area (Å²) in [6, 6.07) is 0.